The number of thiazole rings is 2. The lowest BCUT2D eigenvalue weighted by molar-refractivity contribution is 0.844. The number of aryl methyl sites for hydroxylation is 2. The minimum Gasteiger partial charge on any atom is -0.318 e. The van der Waals surface area contributed by atoms with Crippen LogP contribution in [0.1, 0.15) is 32.9 Å². The first kappa shape index (κ1) is 9.45. The lowest BCUT2D eigenvalue weighted by Gasteiger charge is -2.03. The summed E-state index contributed by atoms with van der Waals surface area (Å²) in [5.74, 6) is 0. The fourth-order valence-corrected chi connectivity index (χ4v) is 3.72. The van der Waals surface area contributed by atoms with Crippen LogP contribution in [0.4, 0.5) is 0 Å². The van der Waals surface area contributed by atoms with Crippen molar-refractivity contribution in [3.8, 4) is 0 Å². The summed E-state index contributed by atoms with van der Waals surface area (Å²) in [6.07, 6.45) is 5.40. The van der Waals surface area contributed by atoms with Gasteiger partial charge < -0.3 is 5.73 Å². The predicted octanol–water partition coefficient (Wildman–Crippen LogP) is 2.14. The first-order valence-corrected chi connectivity index (χ1v) is 6.66. The summed E-state index contributed by atoms with van der Waals surface area (Å²) in [5, 5.41) is 1.05. The second-order valence-corrected chi connectivity index (χ2v) is 5.69. The van der Waals surface area contributed by atoms with Gasteiger partial charge in [-0.05, 0) is 19.3 Å². The van der Waals surface area contributed by atoms with Gasteiger partial charge in [0.1, 0.15) is 5.01 Å². The van der Waals surface area contributed by atoms with E-state index in [1.165, 1.54) is 23.4 Å². The molecule has 15 heavy (non-hydrogen) atoms. The van der Waals surface area contributed by atoms with E-state index in [-0.39, 0.29) is 6.04 Å². The monoisotopic (exact) mass is 237 g/mol. The first-order valence-electron chi connectivity index (χ1n) is 4.97. The molecule has 0 aromatic carbocycles. The maximum Gasteiger partial charge on any atom is 0.115 e. The highest BCUT2D eigenvalue weighted by Crippen LogP contribution is 2.32. The maximum absolute atomic E-state index is 6.14. The van der Waals surface area contributed by atoms with E-state index in [1.807, 2.05) is 11.7 Å². The highest BCUT2D eigenvalue weighted by molar-refractivity contribution is 7.12. The summed E-state index contributed by atoms with van der Waals surface area (Å²) in [7, 11) is 0. The summed E-state index contributed by atoms with van der Waals surface area (Å²) in [6, 6.07) is -0.0758. The summed E-state index contributed by atoms with van der Waals surface area (Å²) in [6.45, 7) is 0. The molecule has 1 atom stereocenters. The van der Waals surface area contributed by atoms with E-state index in [9.17, 15) is 0 Å². The second kappa shape index (κ2) is 3.66. The van der Waals surface area contributed by atoms with Crippen LogP contribution in [0.5, 0.6) is 0 Å². The summed E-state index contributed by atoms with van der Waals surface area (Å²) < 4.78 is 0. The van der Waals surface area contributed by atoms with E-state index in [1.54, 1.807) is 22.7 Å². The molecule has 5 heteroatoms. The summed E-state index contributed by atoms with van der Waals surface area (Å²) >= 11 is 3.37. The van der Waals surface area contributed by atoms with E-state index in [0.717, 1.165) is 16.3 Å². The molecule has 2 heterocycles. The van der Waals surface area contributed by atoms with Crippen LogP contribution in [0.3, 0.4) is 0 Å². The molecule has 0 aliphatic heterocycles. The number of rotatable bonds is 2. The molecule has 1 aliphatic rings. The van der Waals surface area contributed by atoms with Gasteiger partial charge in [-0.2, -0.15) is 0 Å². The zero-order chi connectivity index (χ0) is 10.3. The lowest BCUT2D eigenvalue weighted by atomic mass is 10.3. The van der Waals surface area contributed by atoms with Gasteiger partial charge in [0.25, 0.3) is 0 Å². The Hall–Kier alpha value is -0.780. The van der Waals surface area contributed by atoms with Crippen LogP contribution in [0.15, 0.2) is 11.7 Å². The first-order chi connectivity index (χ1) is 7.34. The maximum atomic E-state index is 6.14. The van der Waals surface area contributed by atoms with E-state index in [2.05, 4.69) is 9.97 Å². The number of aromatic nitrogens is 2. The highest BCUT2D eigenvalue weighted by atomic mass is 32.1. The quantitative estimate of drug-likeness (QED) is 0.870. The van der Waals surface area contributed by atoms with Crippen molar-refractivity contribution in [1.29, 1.82) is 0 Å². The van der Waals surface area contributed by atoms with E-state index in [0.29, 0.717) is 0 Å². The third-order valence-corrected chi connectivity index (χ3v) is 4.74. The number of nitrogens with two attached hydrogens (primary N) is 1. The minimum atomic E-state index is -0.0758. The topological polar surface area (TPSA) is 51.8 Å². The van der Waals surface area contributed by atoms with Crippen molar-refractivity contribution < 1.29 is 0 Å². The molecule has 0 bridgehead atoms. The van der Waals surface area contributed by atoms with Crippen LogP contribution in [0.25, 0.3) is 0 Å². The molecule has 2 N–H and O–H groups in total. The molecule has 3 nitrogen and oxygen atoms in total. The standard InChI is InChI=1S/C10H11N3S2/c11-9(8-4-12-5-14-8)10-13-6-2-1-3-7(6)15-10/h4-5,9H,1-3,11H2. The SMILES string of the molecule is NC(c1cncs1)c1nc2c(s1)CCC2. The van der Waals surface area contributed by atoms with E-state index < -0.39 is 0 Å². The Morgan fingerprint density at radius 3 is 3.07 bits per heavy atom. The van der Waals surface area contributed by atoms with Gasteiger partial charge in [-0.25, -0.2) is 4.98 Å². The molecule has 0 spiro atoms. The number of hydrogen-bond acceptors (Lipinski definition) is 5. The molecule has 2 aromatic heterocycles. The molecule has 0 amide bonds. The summed E-state index contributed by atoms with van der Waals surface area (Å²) in [5.41, 5.74) is 9.23. The van der Waals surface area contributed by atoms with Crippen molar-refractivity contribution in [3.63, 3.8) is 0 Å². The molecule has 2 aromatic rings. The number of fused-ring (bicyclic) bond motifs is 1. The highest BCUT2D eigenvalue weighted by Gasteiger charge is 2.21. The van der Waals surface area contributed by atoms with Gasteiger partial charge in [0.05, 0.1) is 17.2 Å². The minimum absolute atomic E-state index is 0.0758. The van der Waals surface area contributed by atoms with E-state index >= 15 is 0 Å². The number of hydrogen-bond donors (Lipinski definition) is 1. The van der Waals surface area contributed by atoms with Crippen LogP contribution in [-0.4, -0.2) is 9.97 Å². The van der Waals surface area contributed by atoms with Crippen molar-refractivity contribution in [3.05, 3.63) is 32.2 Å². The van der Waals surface area contributed by atoms with E-state index in [4.69, 9.17) is 5.73 Å². The van der Waals surface area contributed by atoms with Gasteiger partial charge >= 0.3 is 0 Å². The zero-order valence-corrected chi connectivity index (χ0v) is 9.77. The molecular formula is C10H11N3S2. The normalized spacial score (nSPS) is 16.6. The molecule has 0 radical (unpaired) electrons. The van der Waals surface area contributed by atoms with Crippen molar-refractivity contribution in [2.45, 2.75) is 25.3 Å². The van der Waals surface area contributed by atoms with Gasteiger partial charge in [-0.1, -0.05) is 0 Å². The molecule has 3 rings (SSSR count). The fourth-order valence-electron chi connectivity index (χ4n) is 1.84. The Morgan fingerprint density at radius 1 is 1.40 bits per heavy atom. The zero-order valence-electron chi connectivity index (χ0n) is 8.14. The fraction of sp³-hybridized carbons (Fsp3) is 0.400. The Morgan fingerprint density at radius 2 is 2.33 bits per heavy atom. The average Bonchev–Trinajstić information content (AvgIpc) is 2.92. The van der Waals surface area contributed by atoms with Gasteiger partial charge in [0.15, 0.2) is 0 Å². The molecular weight excluding hydrogens is 226 g/mol. The molecule has 0 saturated carbocycles. The second-order valence-electron chi connectivity index (χ2n) is 3.66. The Labute approximate surface area is 96.0 Å². The molecule has 0 saturated heterocycles. The third kappa shape index (κ3) is 1.60. The van der Waals surface area contributed by atoms with Crippen LogP contribution in [0.2, 0.25) is 0 Å². The van der Waals surface area contributed by atoms with Gasteiger partial charge in [0, 0.05) is 16.0 Å². The Bertz CT molecular complexity index is 439. The van der Waals surface area contributed by atoms with Crippen molar-refractivity contribution in [2.24, 2.45) is 5.73 Å². The van der Waals surface area contributed by atoms with Crippen molar-refractivity contribution in [1.82, 2.24) is 9.97 Å². The molecule has 0 fully saturated rings. The molecule has 78 valence electrons. The van der Waals surface area contributed by atoms with Gasteiger partial charge in [0.2, 0.25) is 0 Å². The number of nitrogens with zero attached hydrogens (tertiary/aromatic N) is 2. The van der Waals surface area contributed by atoms with Crippen molar-refractivity contribution in [2.75, 3.05) is 0 Å². The molecule has 1 unspecified atom stereocenters. The van der Waals surface area contributed by atoms with Crippen LogP contribution >= 0.6 is 22.7 Å². The smallest absolute Gasteiger partial charge is 0.115 e. The lowest BCUT2D eigenvalue weighted by Crippen LogP contribution is -2.09. The Kier molecular flexibility index (Phi) is 2.31. The summed E-state index contributed by atoms with van der Waals surface area (Å²) in [4.78, 5) is 11.2. The largest absolute Gasteiger partial charge is 0.318 e. The van der Waals surface area contributed by atoms with Crippen LogP contribution < -0.4 is 5.73 Å². The Balaban J connectivity index is 1.93. The molecule has 1 aliphatic carbocycles. The third-order valence-electron chi connectivity index (χ3n) is 2.64. The van der Waals surface area contributed by atoms with Gasteiger partial charge in [-0.3, -0.25) is 4.98 Å². The van der Waals surface area contributed by atoms with Crippen molar-refractivity contribution >= 4 is 22.7 Å². The van der Waals surface area contributed by atoms with Crippen LogP contribution in [0, 0.1) is 0 Å². The predicted molar refractivity (Wildman–Crippen MR) is 62.3 cm³/mol. The van der Waals surface area contributed by atoms with Gasteiger partial charge in [-0.15, -0.1) is 22.7 Å². The van der Waals surface area contributed by atoms with Crippen LogP contribution in [-0.2, 0) is 12.8 Å². The average molecular weight is 237 g/mol.